The summed E-state index contributed by atoms with van der Waals surface area (Å²) in [6, 6.07) is 12.4. The van der Waals surface area contributed by atoms with Crippen molar-refractivity contribution < 1.29 is 28.7 Å². The molecule has 0 aliphatic carbocycles. The molecule has 3 aromatic rings. The van der Waals surface area contributed by atoms with E-state index in [2.05, 4.69) is 49.8 Å². The van der Waals surface area contributed by atoms with Crippen molar-refractivity contribution in [1.29, 1.82) is 0 Å². The van der Waals surface area contributed by atoms with E-state index in [4.69, 9.17) is 16.2 Å². The first-order chi connectivity index (χ1) is 17.2. The summed E-state index contributed by atoms with van der Waals surface area (Å²) in [5, 5.41) is 4.86. The van der Waals surface area contributed by atoms with E-state index in [0.717, 1.165) is 66.8 Å². The minimum Gasteiger partial charge on any atom is -0.412 e. The maximum atomic E-state index is 11.6. The fraction of sp³-hybridized carbons (Fsp3) is 0.417. The van der Waals surface area contributed by atoms with Crippen molar-refractivity contribution in [1.82, 2.24) is 14.0 Å². The second kappa shape index (κ2) is 14.1. The van der Waals surface area contributed by atoms with Crippen molar-refractivity contribution in [3.63, 3.8) is 0 Å². The lowest BCUT2D eigenvalue weighted by Gasteiger charge is -2.35. The fourth-order valence-corrected chi connectivity index (χ4v) is 5.80. The minimum atomic E-state index is -3.94. The van der Waals surface area contributed by atoms with Gasteiger partial charge in [0.15, 0.2) is 0 Å². The Morgan fingerprint density at radius 1 is 1.16 bits per heavy atom. The number of nitrogens with zero attached hydrogens (tertiary/aromatic N) is 3. The smallest absolute Gasteiger partial charge is 0.333 e. The Balaban J connectivity index is 0.000000446. The predicted molar refractivity (Wildman–Crippen MR) is 153 cm³/mol. The zero-order valence-electron chi connectivity index (χ0n) is 21.0. The third-order valence-corrected chi connectivity index (χ3v) is 7.90. The Labute approximate surface area is 231 Å². The van der Waals surface area contributed by atoms with Crippen molar-refractivity contribution in [2.45, 2.75) is 26.2 Å². The topological polar surface area (TPSA) is 178 Å². The van der Waals surface area contributed by atoms with E-state index >= 15 is 0 Å². The third kappa shape index (κ3) is 8.32. The van der Waals surface area contributed by atoms with Gasteiger partial charge < -0.3 is 21.2 Å². The van der Waals surface area contributed by atoms with Crippen molar-refractivity contribution in [2.75, 3.05) is 49.5 Å². The third-order valence-electron chi connectivity index (χ3n) is 6.16. The van der Waals surface area contributed by atoms with E-state index < -0.39 is 10.3 Å². The van der Waals surface area contributed by atoms with Gasteiger partial charge in [-0.25, -0.2) is 0 Å². The Bertz CT molecular complexity index is 1330. The second-order valence-electron chi connectivity index (χ2n) is 8.78. The minimum absolute atomic E-state index is 0. The molecule has 0 bridgehead atoms. The van der Waals surface area contributed by atoms with Gasteiger partial charge in [0.1, 0.15) is 5.82 Å². The van der Waals surface area contributed by atoms with Crippen LogP contribution in [0.3, 0.4) is 0 Å². The molecule has 2 aromatic carbocycles. The molecule has 0 atom stereocenters. The van der Waals surface area contributed by atoms with Crippen molar-refractivity contribution in [3.05, 3.63) is 52.5 Å². The molecule has 11 nitrogen and oxygen atoms in total. The van der Waals surface area contributed by atoms with Crippen LogP contribution in [0.2, 0.25) is 5.02 Å². The van der Waals surface area contributed by atoms with Crippen LogP contribution in [0.1, 0.15) is 24.5 Å². The Kier molecular flexibility index (Phi) is 11.9. The maximum Gasteiger partial charge on any atom is 0.333 e. The van der Waals surface area contributed by atoms with Gasteiger partial charge in [0.25, 0.3) is 0 Å². The highest BCUT2D eigenvalue weighted by atomic mass is 35.5. The van der Waals surface area contributed by atoms with Crippen LogP contribution in [0, 0.1) is 0 Å². The SMILES string of the molecule is CCCNS(=O)(=O)O.O.O.O=C1Cc2cc(CCN3CCN(c4nsc5ccccc45)CC3)c(Cl)cc2N1. The van der Waals surface area contributed by atoms with Crippen LogP contribution in [-0.2, 0) is 27.9 Å². The van der Waals surface area contributed by atoms with Gasteiger partial charge in [-0.2, -0.15) is 17.5 Å². The van der Waals surface area contributed by atoms with Crippen LogP contribution in [0.5, 0.6) is 0 Å². The van der Waals surface area contributed by atoms with Gasteiger partial charge in [0, 0.05) is 55.4 Å². The van der Waals surface area contributed by atoms with Crippen LogP contribution in [0.4, 0.5) is 11.5 Å². The second-order valence-corrected chi connectivity index (χ2v) is 11.2. The number of hydrogen-bond donors (Lipinski definition) is 3. The van der Waals surface area contributed by atoms with Crippen LogP contribution >= 0.6 is 23.1 Å². The summed E-state index contributed by atoms with van der Waals surface area (Å²) in [6.07, 6.45) is 2.04. The summed E-state index contributed by atoms with van der Waals surface area (Å²) in [4.78, 5) is 16.4. The number of fused-ring (bicyclic) bond motifs is 2. The normalized spacial score (nSPS) is 15.1. The van der Waals surface area contributed by atoms with Crippen molar-refractivity contribution >= 4 is 60.9 Å². The van der Waals surface area contributed by atoms with Crippen molar-refractivity contribution in [3.8, 4) is 0 Å². The molecule has 1 amide bonds. The quantitative estimate of drug-likeness (QED) is 0.353. The largest absolute Gasteiger partial charge is 0.412 e. The summed E-state index contributed by atoms with van der Waals surface area (Å²) in [5.41, 5.74) is 3.05. The molecule has 38 heavy (non-hydrogen) atoms. The Hall–Kier alpha value is -2.36. The number of rotatable bonds is 7. The molecule has 14 heteroatoms. The number of carbonyl (C=O) groups excluding carboxylic acids is 1. The molecule has 0 radical (unpaired) electrons. The highest BCUT2D eigenvalue weighted by molar-refractivity contribution is 7.83. The first-order valence-electron chi connectivity index (χ1n) is 11.9. The first kappa shape index (κ1) is 31.9. The lowest BCUT2D eigenvalue weighted by Crippen LogP contribution is -2.47. The van der Waals surface area contributed by atoms with Gasteiger partial charge in [-0.05, 0) is 53.7 Å². The monoisotopic (exact) mass is 587 g/mol. The molecule has 3 heterocycles. The number of anilines is 2. The number of nitrogens with one attached hydrogen (secondary N) is 2. The number of amides is 1. The molecule has 2 aliphatic rings. The molecule has 0 spiro atoms. The van der Waals surface area contributed by atoms with Gasteiger partial charge in [-0.1, -0.05) is 36.7 Å². The zero-order chi connectivity index (χ0) is 25.7. The van der Waals surface area contributed by atoms with Crippen LogP contribution in [0.25, 0.3) is 10.1 Å². The van der Waals surface area contributed by atoms with Crippen LogP contribution in [-0.4, -0.2) is 78.4 Å². The number of hydrogen-bond acceptors (Lipinski definition) is 7. The van der Waals surface area contributed by atoms with Crippen LogP contribution < -0.4 is 14.9 Å². The number of aromatic nitrogens is 1. The molecule has 210 valence electrons. The van der Waals surface area contributed by atoms with E-state index in [1.807, 2.05) is 10.8 Å². The average molecular weight is 588 g/mol. The Morgan fingerprint density at radius 2 is 1.87 bits per heavy atom. The lowest BCUT2D eigenvalue weighted by atomic mass is 10.1. The first-order valence-corrected chi connectivity index (χ1v) is 14.5. The standard InChI is InChI=1S/C21H21ClN4OS.C3H9NO3S.2H2O/c22-17-13-18-15(12-20(27)23-18)11-14(17)5-6-25-7-9-26(10-8-25)21-16-3-1-2-4-19(16)28-24-21;1-2-3-4-8(5,6)7;;/h1-4,11,13H,5-10,12H2,(H,23,27);4H,2-3H2,1H3,(H,5,6,7);2*1H2. The molecular weight excluding hydrogens is 554 g/mol. The molecule has 1 fully saturated rings. The van der Waals surface area contributed by atoms with E-state index in [1.165, 1.54) is 10.1 Å². The van der Waals surface area contributed by atoms with Gasteiger partial charge in [0.05, 0.1) is 11.1 Å². The lowest BCUT2D eigenvalue weighted by molar-refractivity contribution is -0.115. The van der Waals surface area contributed by atoms with Gasteiger partial charge in [-0.15, -0.1) is 0 Å². The number of halogens is 1. The molecule has 1 saturated heterocycles. The molecule has 1 aromatic heterocycles. The molecule has 5 rings (SSSR count). The highest BCUT2D eigenvalue weighted by Gasteiger charge is 2.22. The summed E-state index contributed by atoms with van der Waals surface area (Å²) in [7, 11) is -3.94. The summed E-state index contributed by atoms with van der Waals surface area (Å²) < 4.78 is 35.5. The van der Waals surface area contributed by atoms with Crippen molar-refractivity contribution in [2.24, 2.45) is 0 Å². The summed E-state index contributed by atoms with van der Waals surface area (Å²) in [6.45, 7) is 7.10. The van der Waals surface area contributed by atoms with E-state index in [0.29, 0.717) is 19.4 Å². The van der Waals surface area contributed by atoms with Crippen LogP contribution in [0.15, 0.2) is 36.4 Å². The van der Waals surface area contributed by atoms with Gasteiger partial charge in [-0.3, -0.25) is 14.2 Å². The molecule has 0 unspecified atom stereocenters. The zero-order valence-corrected chi connectivity index (χ0v) is 23.4. The molecule has 0 saturated carbocycles. The molecular formula is C24H34ClN5O6S2. The van der Waals surface area contributed by atoms with Gasteiger partial charge >= 0.3 is 10.3 Å². The maximum absolute atomic E-state index is 11.6. The van der Waals surface area contributed by atoms with E-state index in [1.54, 1.807) is 18.5 Å². The molecule has 7 N–H and O–H groups in total. The predicted octanol–water partition coefficient (Wildman–Crippen LogP) is 1.95. The fourth-order valence-electron chi connectivity index (χ4n) is 4.28. The summed E-state index contributed by atoms with van der Waals surface area (Å²) in [5.74, 6) is 1.17. The van der Waals surface area contributed by atoms with E-state index in [-0.39, 0.29) is 16.9 Å². The summed E-state index contributed by atoms with van der Waals surface area (Å²) >= 11 is 8.01. The average Bonchev–Trinajstić information content (AvgIpc) is 3.44. The van der Waals surface area contributed by atoms with Gasteiger partial charge in [0.2, 0.25) is 5.91 Å². The number of carbonyl (C=O) groups is 1. The highest BCUT2D eigenvalue weighted by Crippen LogP contribution is 2.31. The van der Waals surface area contributed by atoms with E-state index in [9.17, 15) is 13.2 Å². The Morgan fingerprint density at radius 3 is 2.53 bits per heavy atom. The molecule has 2 aliphatic heterocycles. The number of benzene rings is 2. The number of piperazine rings is 1.